The molecule has 183 valence electrons. The van der Waals surface area contributed by atoms with Crippen LogP contribution in [0.15, 0.2) is 115 Å². The van der Waals surface area contributed by atoms with E-state index in [4.69, 9.17) is 3.32 Å². The van der Waals surface area contributed by atoms with E-state index >= 15 is 0 Å². The summed E-state index contributed by atoms with van der Waals surface area (Å²) in [4.78, 5) is 2.24. The Balaban J connectivity index is 0.00000180. The van der Waals surface area contributed by atoms with Crippen molar-refractivity contribution >= 4 is 41.2 Å². The van der Waals surface area contributed by atoms with Gasteiger partial charge in [0.1, 0.15) is 0 Å². The zero-order valence-electron chi connectivity index (χ0n) is 20.5. The molecule has 5 rings (SSSR count). The van der Waals surface area contributed by atoms with Gasteiger partial charge in [-0.25, -0.2) is 0 Å². The summed E-state index contributed by atoms with van der Waals surface area (Å²) in [5.74, 6) is 0. The first-order valence-corrected chi connectivity index (χ1v) is 12.3. The third-order valence-corrected chi connectivity index (χ3v) is 7.11. The molecule has 2 nitrogen and oxygen atoms in total. The molecule has 1 aliphatic rings. The van der Waals surface area contributed by atoms with Gasteiger partial charge in [-0.05, 0) is 0 Å². The van der Waals surface area contributed by atoms with Crippen molar-refractivity contribution in [3.05, 3.63) is 137 Å². The van der Waals surface area contributed by atoms with E-state index in [1.807, 2.05) is 20.8 Å². The second kappa shape index (κ2) is 12.4. The summed E-state index contributed by atoms with van der Waals surface area (Å²) in [7, 11) is 4.26. The van der Waals surface area contributed by atoms with E-state index in [1.165, 1.54) is 33.0 Å². The molecular formula is C31H30Cl2NOTi. The molecule has 4 aromatic rings. The molecule has 0 bridgehead atoms. The first-order chi connectivity index (χ1) is 16.6. The zero-order chi connectivity index (χ0) is 23.5. The fourth-order valence-corrected chi connectivity index (χ4v) is 5.72. The van der Waals surface area contributed by atoms with E-state index in [0.717, 1.165) is 24.1 Å². The Hall–Kier alpha value is -2.17. The van der Waals surface area contributed by atoms with Crippen LogP contribution in [0.5, 0.6) is 0 Å². The predicted octanol–water partition coefficient (Wildman–Crippen LogP) is 7.73. The maximum atomic E-state index is 6.67. The van der Waals surface area contributed by atoms with Gasteiger partial charge in [0.05, 0.1) is 0 Å². The first kappa shape index (κ1) is 28.4. The van der Waals surface area contributed by atoms with Crippen LogP contribution in [-0.4, -0.2) is 25.5 Å². The number of halogens is 2. The Labute approximate surface area is 238 Å². The summed E-state index contributed by atoms with van der Waals surface area (Å²) in [6.45, 7) is 0.911. The second-order valence-corrected chi connectivity index (χ2v) is 9.39. The van der Waals surface area contributed by atoms with E-state index in [2.05, 4.69) is 128 Å². The normalized spacial score (nSPS) is 13.1. The maximum Gasteiger partial charge on any atom is -0.147 e. The summed E-state index contributed by atoms with van der Waals surface area (Å²) >= 11 is 1.84. The van der Waals surface area contributed by atoms with Gasteiger partial charge in [-0.1, -0.05) is 0 Å². The molecule has 1 aliphatic carbocycles. The van der Waals surface area contributed by atoms with Crippen LogP contribution in [0.1, 0.15) is 28.7 Å². The molecule has 0 atom stereocenters. The molecule has 0 fully saturated rings. The molecule has 0 radical (unpaired) electrons. The van der Waals surface area contributed by atoms with Gasteiger partial charge in [0.25, 0.3) is 0 Å². The maximum absolute atomic E-state index is 6.67. The molecular weight excluding hydrogens is 521 g/mol. The minimum Gasteiger partial charge on any atom is -0.147 e. The van der Waals surface area contributed by atoms with Gasteiger partial charge >= 0.3 is 215 Å². The van der Waals surface area contributed by atoms with Gasteiger partial charge in [-0.2, -0.15) is 0 Å². The van der Waals surface area contributed by atoms with E-state index in [0.29, 0.717) is 0 Å². The number of likely N-dealkylation sites (N-methyl/N-ethyl adjacent to an activating group) is 1. The monoisotopic (exact) mass is 550 g/mol. The molecule has 0 heterocycles. The van der Waals surface area contributed by atoms with Crippen LogP contribution in [0.2, 0.25) is 0 Å². The van der Waals surface area contributed by atoms with Crippen LogP contribution >= 0.6 is 24.8 Å². The fraction of sp³-hybridized carbons (Fsp3) is 0.161. The average molecular weight is 551 g/mol. The predicted molar refractivity (Wildman–Crippen MR) is 152 cm³/mol. The van der Waals surface area contributed by atoms with Crippen molar-refractivity contribution in [1.82, 2.24) is 4.90 Å². The average Bonchev–Trinajstić information content (AvgIpc) is 3.33. The van der Waals surface area contributed by atoms with Crippen LogP contribution in [-0.2, 0) is 29.7 Å². The molecule has 36 heavy (non-hydrogen) atoms. The van der Waals surface area contributed by atoms with Gasteiger partial charge in [0.2, 0.25) is 0 Å². The van der Waals surface area contributed by atoms with Crippen LogP contribution in [0, 0.1) is 0 Å². The standard InChI is InChI=1S/C31H28NO.2ClH.Ti/c1-32(2)22-24-13-11-19-27(24)29-21-20-23-12-9-10-18-28(23)30(29)31(33,25-14-5-3-6-15-25)26-16-7-4-8-17-26;;;/h3-18,20-21H,19,22H2,1-2H3;2*1H;/q-1;;;+1. The summed E-state index contributed by atoms with van der Waals surface area (Å²) in [5.41, 5.74) is 6.72. The SMILES string of the molecule is CN(C)CC1=C(c2ccc3ccccc3c2C([O][Ti])(c2ccccc2)c2ccccc2)CC=C1.Cl.Cl. The van der Waals surface area contributed by atoms with Crippen LogP contribution in [0.25, 0.3) is 16.3 Å². The molecule has 0 aliphatic heterocycles. The second-order valence-electron chi connectivity index (χ2n) is 9.07. The summed E-state index contributed by atoms with van der Waals surface area (Å²) in [5, 5.41) is 2.44. The third-order valence-electron chi connectivity index (χ3n) is 6.64. The molecule has 0 aromatic heterocycles. The molecule has 0 spiro atoms. The van der Waals surface area contributed by atoms with E-state index in [9.17, 15) is 0 Å². The summed E-state index contributed by atoms with van der Waals surface area (Å²) < 4.78 is 6.67. The fourth-order valence-electron chi connectivity index (χ4n) is 5.19. The van der Waals surface area contributed by atoms with Crippen molar-refractivity contribution in [3.8, 4) is 0 Å². The van der Waals surface area contributed by atoms with Crippen molar-refractivity contribution in [2.24, 2.45) is 0 Å². The third kappa shape index (κ3) is 5.13. The minimum atomic E-state index is -0.752. The van der Waals surface area contributed by atoms with Crippen LogP contribution in [0.4, 0.5) is 0 Å². The molecule has 0 N–H and O–H groups in total. The quantitative estimate of drug-likeness (QED) is 0.172. The van der Waals surface area contributed by atoms with Crippen molar-refractivity contribution in [2.45, 2.75) is 12.0 Å². The smallest absolute Gasteiger partial charge is 0.147 e. The van der Waals surface area contributed by atoms with E-state index in [1.54, 1.807) is 0 Å². The largest absolute Gasteiger partial charge is 0.147 e. The molecule has 0 saturated carbocycles. The van der Waals surface area contributed by atoms with E-state index < -0.39 is 5.60 Å². The van der Waals surface area contributed by atoms with Gasteiger partial charge in [0, 0.05) is 0 Å². The number of rotatable bonds is 7. The minimum absolute atomic E-state index is 0. The number of benzene rings is 4. The van der Waals surface area contributed by atoms with Gasteiger partial charge in [-0.3, -0.25) is 0 Å². The number of nitrogens with zero attached hydrogens (tertiary/aromatic N) is 1. The van der Waals surface area contributed by atoms with Crippen LogP contribution < -0.4 is 0 Å². The summed E-state index contributed by atoms with van der Waals surface area (Å²) in [6, 6.07) is 34.5. The molecule has 0 amide bonds. The van der Waals surface area contributed by atoms with Crippen LogP contribution in [0.3, 0.4) is 0 Å². The Morgan fingerprint density at radius 3 is 1.94 bits per heavy atom. The van der Waals surface area contributed by atoms with Crippen molar-refractivity contribution in [1.29, 1.82) is 0 Å². The van der Waals surface area contributed by atoms with Gasteiger partial charge in [0.15, 0.2) is 0 Å². The molecule has 0 saturated heterocycles. The summed E-state index contributed by atoms with van der Waals surface area (Å²) in [6.07, 6.45) is 5.50. The Bertz CT molecular complexity index is 1330. The van der Waals surface area contributed by atoms with Gasteiger partial charge in [-0.15, -0.1) is 24.8 Å². The van der Waals surface area contributed by atoms with E-state index in [-0.39, 0.29) is 24.8 Å². The molecule has 5 heteroatoms. The first-order valence-electron chi connectivity index (χ1n) is 11.7. The van der Waals surface area contributed by atoms with Crippen molar-refractivity contribution < 1.29 is 24.1 Å². The number of fused-ring (bicyclic) bond motifs is 1. The molecule has 0 unspecified atom stereocenters. The molecule has 4 aromatic carbocycles. The number of allylic oxidation sites excluding steroid dienone is 2. The Morgan fingerprint density at radius 1 is 0.778 bits per heavy atom. The Morgan fingerprint density at radius 2 is 1.36 bits per heavy atom. The van der Waals surface area contributed by atoms with Crippen molar-refractivity contribution in [3.63, 3.8) is 0 Å². The topological polar surface area (TPSA) is 12.5 Å². The van der Waals surface area contributed by atoms with Gasteiger partial charge < -0.3 is 0 Å². The Kier molecular flexibility index (Phi) is 9.77. The van der Waals surface area contributed by atoms with Crippen molar-refractivity contribution in [2.75, 3.05) is 20.6 Å². The number of hydrogen-bond acceptors (Lipinski definition) is 2. The number of hydrogen-bond donors (Lipinski definition) is 0. The zero-order valence-corrected chi connectivity index (χ0v) is 23.7.